The van der Waals surface area contributed by atoms with Crippen LogP contribution in [0.3, 0.4) is 0 Å². The third kappa shape index (κ3) is 3.94. The second-order valence-electron chi connectivity index (χ2n) is 6.78. The Balaban J connectivity index is 2.25. The Morgan fingerprint density at radius 1 is 0.926 bits per heavy atom. The molecule has 1 aromatic heterocycles. The van der Waals surface area contributed by atoms with Gasteiger partial charge in [0.25, 0.3) is 0 Å². The van der Waals surface area contributed by atoms with Gasteiger partial charge in [-0.2, -0.15) is 0 Å². The van der Waals surface area contributed by atoms with E-state index in [-0.39, 0.29) is 11.5 Å². The zero-order valence-corrected chi connectivity index (χ0v) is 16.8. The summed E-state index contributed by atoms with van der Waals surface area (Å²) in [5.41, 5.74) is 4.86. The number of hydrogen-bond donors (Lipinski definition) is 1. The molecule has 0 spiro atoms. The maximum atomic E-state index is 12.7. The first-order chi connectivity index (χ1) is 12.6. The molecule has 0 amide bonds. The van der Waals surface area contributed by atoms with Crippen molar-refractivity contribution in [3.8, 4) is 0 Å². The van der Waals surface area contributed by atoms with E-state index in [1.165, 1.54) is 7.11 Å². The van der Waals surface area contributed by atoms with Gasteiger partial charge in [-0.3, -0.25) is 4.79 Å². The van der Waals surface area contributed by atoms with Crippen LogP contribution in [0.25, 0.3) is 0 Å². The molecule has 1 unspecified atom stereocenters. The van der Waals surface area contributed by atoms with Crippen LogP contribution >= 0.6 is 0 Å². The molecule has 0 bridgehead atoms. The SMILES string of the molecule is COC(=O)c1c(C)[nH]c(C(=O)OC(C)C(=O)c2cc(C)c(C)cc2C)c1C. The van der Waals surface area contributed by atoms with E-state index in [0.29, 0.717) is 22.4 Å². The molecule has 0 aliphatic heterocycles. The van der Waals surface area contributed by atoms with E-state index in [9.17, 15) is 14.4 Å². The van der Waals surface area contributed by atoms with Gasteiger partial charge in [0, 0.05) is 11.3 Å². The standard InChI is InChI=1S/C21H25NO5/c1-10-8-12(3)16(9-11(10)2)19(23)15(6)27-21(25)18-13(4)17(14(5)22-18)20(24)26-7/h8-9,15,22H,1-7H3. The Labute approximate surface area is 158 Å². The number of aromatic amines is 1. The van der Waals surface area contributed by atoms with Crippen molar-refractivity contribution >= 4 is 17.7 Å². The number of carbonyl (C=O) groups is 3. The fraction of sp³-hybridized carbons (Fsp3) is 0.381. The number of H-pyrrole nitrogens is 1. The molecule has 2 rings (SSSR count). The molecule has 6 nitrogen and oxygen atoms in total. The minimum atomic E-state index is -0.956. The molecule has 27 heavy (non-hydrogen) atoms. The van der Waals surface area contributed by atoms with Gasteiger partial charge in [0.1, 0.15) is 5.69 Å². The number of methoxy groups -OCH3 is 1. The Morgan fingerprint density at radius 3 is 2.11 bits per heavy atom. The Bertz CT molecular complexity index is 923. The number of Topliss-reactive ketones (excluding diaryl/α,β-unsaturated/α-hetero) is 1. The lowest BCUT2D eigenvalue weighted by Gasteiger charge is -2.15. The third-order valence-corrected chi connectivity index (χ3v) is 4.79. The average molecular weight is 371 g/mol. The van der Waals surface area contributed by atoms with Crippen molar-refractivity contribution in [3.05, 3.63) is 56.9 Å². The lowest BCUT2D eigenvalue weighted by atomic mass is 9.96. The number of carbonyl (C=O) groups excluding carboxylic acids is 3. The quantitative estimate of drug-likeness (QED) is 0.639. The Hall–Kier alpha value is -2.89. The van der Waals surface area contributed by atoms with Crippen LogP contribution in [-0.4, -0.2) is 35.9 Å². The van der Waals surface area contributed by atoms with Crippen LogP contribution in [0.2, 0.25) is 0 Å². The number of aromatic nitrogens is 1. The van der Waals surface area contributed by atoms with Gasteiger partial charge in [0.2, 0.25) is 5.78 Å². The average Bonchev–Trinajstić information content (AvgIpc) is 2.91. The number of esters is 2. The fourth-order valence-corrected chi connectivity index (χ4v) is 3.08. The van der Waals surface area contributed by atoms with Crippen LogP contribution in [0.15, 0.2) is 12.1 Å². The highest BCUT2D eigenvalue weighted by Gasteiger charge is 2.27. The van der Waals surface area contributed by atoms with Gasteiger partial charge in [0.05, 0.1) is 12.7 Å². The van der Waals surface area contributed by atoms with Crippen molar-refractivity contribution in [2.24, 2.45) is 0 Å². The first-order valence-electron chi connectivity index (χ1n) is 8.69. The Morgan fingerprint density at radius 2 is 1.52 bits per heavy atom. The van der Waals surface area contributed by atoms with Gasteiger partial charge in [-0.1, -0.05) is 6.07 Å². The van der Waals surface area contributed by atoms with Crippen LogP contribution in [0.5, 0.6) is 0 Å². The summed E-state index contributed by atoms with van der Waals surface area (Å²) in [5.74, 6) is -1.48. The van der Waals surface area contributed by atoms with Gasteiger partial charge in [0.15, 0.2) is 6.10 Å². The molecule has 0 saturated heterocycles. The number of rotatable bonds is 5. The summed E-state index contributed by atoms with van der Waals surface area (Å²) in [6, 6.07) is 3.76. The first kappa shape index (κ1) is 20.4. The number of aryl methyl sites for hydroxylation is 4. The van der Waals surface area contributed by atoms with E-state index in [1.807, 2.05) is 32.9 Å². The van der Waals surface area contributed by atoms with E-state index < -0.39 is 18.0 Å². The normalized spacial score (nSPS) is 11.8. The molecule has 0 radical (unpaired) electrons. The van der Waals surface area contributed by atoms with Gasteiger partial charge in [-0.15, -0.1) is 0 Å². The molecule has 0 aliphatic rings. The second kappa shape index (κ2) is 7.78. The number of ether oxygens (including phenoxy) is 2. The van der Waals surface area contributed by atoms with Crippen molar-refractivity contribution in [2.45, 2.75) is 47.6 Å². The zero-order valence-electron chi connectivity index (χ0n) is 16.8. The fourth-order valence-electron chi connectivity index (χ4n) is 3.08. The summed E-state index contributed by atoms with van der Waals surface area (Å²) < 4.78 is 10.1. The number of ketones is 1. The van der Waals surface area contributed by atoms with E-state index in [1.54, 1.807) is 20.8 Å². The summed E-state index contributed by atoms with van der Waals surface area (Å²) in [4.78, 5) is 40.0. The van der Waals surface area contributed by atoms with E-state index in [0.717, 1.165) is 16.7 Å². The smallest absolute Gasteiger partial charge is 0.355 e. The minimum absolute atomic E-state index is 0.143. The van der Waals surface area contributed by atoms with Gasteiger partial charge in [-0.25, -0.2) is 9.59 Å². The van der Waals surface area contributed by atoms with Crippen molar-refractivity contribution < 1.29 is 23.9 Å². The topological polar surface area (TPSA) is 85.5 Å². The third-order valence-electron chi connectivity index (χ3n) is 4.79. The first-order valence-corrected chi connectivity index (χ1v) is 8.69. The highest BCUT2D eigenvalue weighted by Crippen LogP contribution is 2.22. The summed E-state index contributed by atoms with van der Waals surface area (Å²) in [6.45, 7) is 10.6. The van der Waals surface area contributed by atoms with Crippen molar-refractivity contribution in [2.75, 3.05) is 7.11 Å². The molecule has 2 aromatic rings. The lowest BCUT2D eigenvalue weighted by molar-refractivity contribution is 0.0312. The molecule has 1 N–H and O–H groups in total. The molecular weight excluding hydrogens is 346 g/mol. The molecule has 0 saturated carbocycles. The maximum absolute atomic E-state index is 12.7. The summed E-state index contributed by atoms with van der Waals surface area (Å²) in [7, 11) is 1.28. The van der Waals surface area contributed by atoms with Crippen molar-refractivity contribution in [3.63, 3.8) is 0 Å². The van der Waals surface area contributed by atoms with Crippen molar-refractivity contribution in [1.82, 2.24) is 4.98 Å². The summed E-state index contributed by atoms with van der Waals surface area (Å²) >= 11 is 0. The van der Waals surface area contributed by atoms with E-state index in [4.69, 9.17) is 9.47 Å². The number of nitrogens with one attached hydrogen (secondary N) is 1. The summed E-state index contributed by atoms with van der Waals surface area (Å²) in [5, 5.41) is 0. The maximum Gasteiger partial charge on any atom is 0.355 e. The molecule has 144 valence electrons. The molecule has 1 atom stereocenters. The van der Waals surface area contributed by atoms with Gasteiger partial charge >= 0.3 is 11.9 Å². The van der Waals surface area contributed by atoms with E-state index in [2.05, 4.69) is 4.98 Å². The lowest BCUT2D eigenvalue weighted by Crippen LogP contribution is -2.25. The molecule has 0 aliphatic carbocycles. The minimum Gasteiger partial charge on any atom is -0.465 e. The number of hydrogen-bond acceptors (Lipinski definition) is 5. The van der Waals surface area contributed by atoms with Gasteiger partial charge < -0.3 is 14.5 Å². The largest absolute Gasteiger partial charge is 0.465 e. The van der Waals surface area contributed by atoms with E-state index >= 15 is 0 Å². The monoisotopic (exact) mass is 371 g/mol. The molecule has 0 fully saturated rings. The van der Waals surface area contributed by atoms with Crippen LogP contribution in [0, 0.1) is 34.6 Å². The van der Waals surface area contributed by atoms with Crippen molar-refractivity contribution in [1.29, 1.82) is 0 Å². The van der Waals surface area contributed by atoms with Crippen LogP contribution in [0.4, 0.5) is 0 Å². The predicted octanol–water partition coefficient (Wildman–Crippen LogP) is 3.77. The summed E-state index contributed by atoms with van der Waals surface area (Å²) in [6.07, 6.45) is -0.956. The molecular formula is C21H25NO5. The highest BCUT2D eigenvalue weighted by molar-refractivity contribution is 6.03. The molecule has 6 heteroatoms. The molecule has 1 aromatic carbocycles. The van der Waals surface area contributed by atoms with Crippen LogP contribution in [-0.2, 0) is 9.47 Å². The van der Waals surface area contributed by atoms with Gasteiger partial charge in [-0.05, 0) is 69.9 Å². The molecule has 1 heterocycles. The highest BCUT2D eigenvalue weighted by atomic mass is 16.5. The Kier molecular flexibility index (Phi) is 5.88. The van der Waals surface area contributed by atoms with Crippen LogP contribution in [0.1, 0.15) is 66.1 Å². The van der Waals surface area contributed by atoms with Crippen LogP contribution < -0.4 is 0 Å². The zero-order chi connectivity index (χ0) is 20.5. The number of benzene rings is 1. The second-order valence-corrected chi connectivity index (χ2v) is 6.78. The predicted molar refractivity (Wildman–Crippen MR) is 101 cm³/mol.